The first-order valence-corrected chi connectivity index (χ1v) is 12.6. The first-order valence-electron chi connectivity index (χ1n) is 12.6. The van der Waals surface area contributed by atoms with Gasteiger partial charge in [-0.3, -0.25) is 0 Å². The Bertz CT molecular complexity index is 1320. The molecule has 0 saturated heterocycles. The van der Waals surface area contributed by atoms with Crippen LogP contribution in [0.25, 0.3) is 11.5 Å². The maximum atomic E-state index is 13.9. The number of carbonyl (C=O) groups excluding carboxylic acids is 1. The molecule has 6 nitrogen and oxygen atoms in total. The lowest BCUT2D eigenvalue weighted by Crippen LogP contribution is -2.46. The summed E-state index contributed by atoms with van der Waals surface area (Å²) in [5.74, 6) is 1.00. The van der Waals surface area contributed by atoms with E-state index in [1.807, 2.05) is 40.8 Å². The van der Waals surface area contributed by atoms with E-state index >= 15 is 0 Å². The second-order valence-corrected chi connectivity index (χ2v) is 9.66. The Hall–Kier alpha value is -3.80. The lowest BCUT2D eigenvalue weighted by molar-refractivity contribution is 0.173. The topological polar surface area (TPSA) is 55.1 Å². The molecule has 3 heterocycles. The highest BCUT2D eigenvalue weighted by atomic mass is 16.2. The predicted molar refractivity (Wildman–Crippen MR) is 137 cm³/mol. The van der Waals surface area contributed by atoms with Gasteiger partial charge in [0.05, 0.1) is 29.7 Å². The van der Waals surface area contributed by atoms with Gasteiger partial charge in [0.1, 0.15) is 5.82 Å². The molecule has 2 aromatic heterocycles. The monoisotopic (exact) mass is 465 g/mol. The minimum Gasteiger partial charge on any atom is -0.335 e. The van der Waals surface area contributed by atoms with Crippen LogP contribution in [-0.4, -0.2) is 31.3 Å². The lowest BCUT2D eigenvalue weighted by atomic mass is 9.95. The molecule has 0 spiro atoms. The quantitative estimate of drug-likeness (QED) is 0.408. The van der Waals surface area contributed by atoms with E-state index in [4.69, 9.17) is 5.10 Å². The summed E-state index contributed by atoms with van der Waals surface area (Å²) in [4.78, 5) is 15.9. The number of aromatic nitrogens is 3. The van der Waals surface area contributed by atoms with Crippen LogP contribution in [0.3, 0.4) is 0 Å². The van der Waals surface area contributed by atoms with Gasteiger partial charge in [-0.1, -0.05) is 67.8 Å². The van der Waals surface area contributed by atoms with Crippen molar-refractivity contribution >= 4 is 6.03 Å². The molecular formula is C29H31N5O. The Morgan fingerprint density at radius 2 is 1.63 bits per heavy atom. The second-order valence-electron chi connectivity index (χ2n) is 9.66. The second kappa shape index (κ2) is 9.10. The van der Waals surface area contributed by atoms with E-state index in [1.165, 1.54) is 19.3 Å². The van der Waals surface area contributed by atoms with Gasteiger partial charge in [-0.25, -0.2) is 9.48 Å². The Morgan fingerprint density at radius 1 is 0.914 bits per heavy atom. The Labute approximate surface area is 206 Å². The molecule has 1 atom stereocenters. The smallest absolute Gasteiger partial charge is 0.318 e. The number of hydrogen-bond donors (Lipinski definition) is 1. The van der Waals surface area contributed by atoms with Crippen LogP contribution in [-0.2, 0) is 6.54 Å². The van der Waals surface area contributed by atoms with Crippen LogP contribution < -0.4 is 5.32 Å². The molecule has 1 fully saturated rings. The van der Waals surface area contributed by atoms with Crippen molar-refractivity contribution in [1.82, 2.24) is 24.6 Å². The van der Waals surface area contributed by atoms with E-state index in [9.17, 15) is 4.79 Å². The van der Waals surface area contributed by atoms with Crippen molar-refractivity contribution in [2.45, 2.75) is 57.7 Å². The maximum Gasteiger partial charge on any atom is 0.318 e. The van der Waals surface area contributed by atoms with Gasteiger partial charge in [-0.15, -0.1) is 0 Å². The Kier molecular flexibility index (Phi) is 5.64. The molecule has 1 saturated carbocycles. The number of nitrogens with zero attached hydrogens (tertiary/aromatic N) is 4. The van der Waals surface area contributed by atoms with Gasteiger partial charge in [0.25, 0.3) is 0 Å². The van der Waals surface area contributed by atoms with Crippen molar-refractivity contribution in [2.24, 2.45) is 0 Å². The summed E-state index contributed by atoms with van der Waals surface area (Å²) < 4.78 is 4.23. The van der Waals surface area contributed by atoms with Crippen molar-refractivity contribution in [3.63, 3.8) is 0 Å². The van der Waals surface area contributed by atoms with Crippen molar-refractivity contribution in [2.75, 3.05) is 0 Å². The molecule has 6 heteroatoms. The number of nitrogens with one attached hydrogen (secondary N) is 1. The largest absolute Gasteiger partial charge is 0.335 e. The molecule has 0 radical (unpaired) electrons. The molecule has 1 aliphatic carbocycles. The molecule has 35 heavy (non-hydrogen) atoms. The van der Waals surface area contributed by atoms with Crippen LogP contribution >= 0.6 is 0 Å². The van der Waals surface area contributed by atoms with E-state index in [2.05, 4.69) is 64.6 Å². The highest BCUT2D eigenvalue weighted by Gasteiger charge is 2.36. The Morgan fingerprint density at radius 3 is 2.37 bits per heavy atom. The maximum absolute atomic E-state index is 13.9. The van der Waals surface area contributed by atoms with Crippen molar-refractivity contribution in [1.29, 1.82) is 0 Å². The van der Waals surface area contributed by atoms with E-state index in [-0.39, 0.29) is 18.1 Å². The first kappa shape index (κ1) is 21.7. The van der Waals surface area contributed by atoms with Gasteiger partial charge >= 0.3 is 6.03 Å². The molecule has 6 rings (SSSR count). The number of urea groups is 1. The van der Waals surface area contributed by atoms with Crippen LogP contribution in [0.1, 0.15) is 60.7 Å². The van der Waals surface area contributed by atoms with Gasteiger partial charge in [-0.2, -0.15) is 5.10 Å². The van der Waals surface area contributed by atoms with Crippen LogP contribution in [0.5, 0.6) is 0 Å². The fourth-order valence-electron chi connectivity index (χ4n) is 5.64. The average Bonchev–Trinajstić information content (AvgIpc) is 3.46. The minimum atomic E-state index is -0.203. The SMILES string of the molecule is Cc1nn(-c2ccccc2)c2c1CN(C(=O)NC1CCCCC1)C(c1ccccc1)c1cccn1-2. The van der Waals surface area contributed by atoms with Crippen molar-refractivity contribution in [3.05, 3.63) is 102 Å². The van der Waals surface area contributed by atoms with E-state index < -0.39 is 0 Å². The number of benzene rings is 2. The third-order valence-corrected chi connectivity index (χ3v) is 7.40. The third-order valence-electron chi connectivity index (χ3n) is 7.40. The van der Waals surface area contributed by atoms with E-state index in [0.717, 1.165) is 46.9 Å². The molecule has 2 amide bonds. The number of aryl methyl sites for hydroxylation is 1. The number of carbonyl (C=O) groups is 1. The molecule has 2 aromatic carbocycles. The molecule has 1 unspecified atom stereocenters. The molecule has 178 valence electrons. The third kappa shape index (κ3) is 3.93. The predicted octanol–water partition coefficient (Wildman–Crippen LogP) is 5.92. The number of amides is 2. The highest BCUT2D eigenvalue weighted by Crippen LogP contribution is 2.38. The molecular weight excluding hydrogens is 434 g/mol. The summed E-state index contributed by atoms with van der Waals surface area (Å²) in [6.45, 7) is 2.54. The summed E-state index contributed by atoms with van der Waals surface area (Å²) in [5, 5.41) is 8.31. The lowest BCUT2D eigenvalue weighted by Gasteiger charge is -2.33. The van der Waals surface area contributed by atoms with Gasteiger partial charge in [0, 0.05) is 17.8 Å². The van der Waals surface area contributed by atoms with Crippen LogP contribution in [0.2, 0.25) is 0 Å². The fourth-order valence-corrected chi connectivity index (χ4v) is 5.64. The standard InChI is InChI=1S/C29H31N5O/c1-21-25-20-33(29(35)30-23-14-7-3-8-15-23)27(22-12-5-2-6-13-22)26-18-11-19-32(26)28(25)34(31-21)24-16-9-4-10-17-24/h2,4-6,9-13,16-19,23,27H,3,7-8,14-15,20H2,1H3,(H,30,35). The molecule has 1 aliphatic heterocycles. The van der Waals surface area contributed by atoms with Crippen LogP contribution in [0.15, 0.2) is 79.0 Å². The van der Waals surface area contributed by atoms with Gasteiger partial charge in [0.2, 0.25) is 0 Å². The number of para-hydroxylation sites is 1. The summed E-state index contributed by atoms with van der Waals surface area (Å²) >= 11 is 0. The molecule has 1 N–H and O–H groups in total. The van der Waals surface area contributed by atoms with Crippen molar-refractivity contribution < 1.29 is 4.79 Å². The van der Waals surface area contributed by atoms with Crippen molar-refractivity contribution in [3.8, 4) is 11.5 Å². The summed E-state index contributed by atoms with van der Waals surface area (Å²) in [5.41, 5.74) is 5.18. The van der Waals surface area contributed by atoms with E-state index in [0.29, 0.717) is 6.54 Å². The zero-order valence-corrected chi connectivity index (χ0v) is 20.1. The first-order chi connectivity index (χ1) is 17.2. The molecule has 0 bridgehead atoms. The van der Waals surface area contributed by atoms with E-state index in [1.54, 1.807) is 0 Å². The molecule has 4 aromatic rings. The van der Waals surface area contributed by atoms with Gasteiger partial charge in [0.15, 0.2) is 0 Å². The summed E-state index contributed by atoms with van der Waals surface area (Å²) in [6.07, 6.45) is 7.83. The minimum absolute atomic E-state index is 0.00165. The number of hydrogen-bond acceptors (Lipinski definition) is 2. The fraction of sp³-hybridized carbons (Fsp3) is 0.310. The van der Waals surface area contributed by atoms with Crippen LogP contribution in [0.4, 0.5) is 4.79 Å². The van der Waals surface area contributed by atoms with Gasteiger partial charge < -0.3 is 14.8 Å². The molecule has 2 aliphatic rings. The van der Waals surface area contributed by atoms with Gasteiger partial charge in [-0.05, 0) is 49.6 Å². The zero-order valence-electron chi connectivity index (χ0n) is 20.1. The summed E-state index contributed by atoms with van der Waals surface area (Å²) in [7, 11) is 0. The van der Waals surface area contributed by atoms with Crippen LogP contribution in [0, 0.1) is 6.92 Å². The zero-order chi connectivity index (χ0) is 23.8. The average molecular weight is 466 g/mol. The number of rotatable bonds is 3. The Balaban J connectivity index is 1.50. The number of fused-ring (bicyclic) bond motifs is 3. The highest BCUT2D eigenvalue weighted by molar-refractivity contribution is 5.76. The normalized spacial score (nSPS) is 18.0. The summed E-state index contributed by atoms with van der Waals surface area (Å²) in [6, 6.07) is 24.8.